The number of rotatable bonds is 6. The number of halogens is 1. The van der Waals surface area contributed by atoms with Crippen LogP contribution in [0.5, 0.6) is 11.5 Å². The van der Waals surface area contributed by atoms with E-state index in [1.807, 2.05) is 24.3 Å². The van der Waals surface area contributed by atoms with E-state index in [4.69, 9.17) is 14.6 Å². The van der Waals surface area contributed by atoms with Crippen LogP contribution in [0.2, 0.25) is 0 Å². The molecule has 2 aromatic carbocycles. The summed E-state index contributed by atoms with van der Waals surface area (Å²) in [6.07, 6.45) is 0.690. The van der Waals surface area contributed by atoms with E-state index in [-0.39, 0.29) is 5.91 Å². The number of amidine groups is 1. The molecule has 1 atom stereocenters. The first kappa shape index (κ1) is 20.9. The Bertz CT molecular complexity index is 1020. The van der Waals surface area contributed by atoms with Gasteiger partial charge < -0.3 is 19.9 Å². The fraction of sp³-hybridized carbons (Fsp3) is 0.150. The molecule has 0 radical (unpaired) electrons. The summed E-state index contributed by atoms with van der Waals surface area (Å²) in [5, 5.41) is 12.2. The second-order valence-electron chi connectivity index (χ2n) is 5.94. The van der Waals surface area contributed by atoms with Gasteiger partial charge in [0.05, 0.1) is 17.7 Å². The summed E-state index contributed by atoms with van der Waals surface area (Å²) in [4.78, 5) is 28.2. The Morgan fingerprint density at radius 3 is 2.72 bits per heavy atom. The van der Waals surface area contributed by atoms with Gasteiger partial charge in [-0.15, -0.1) is 0 Å². The molecule has 1 amide bonds. The zero-order chi connectivity index (χ0) is 21.0. The lowest BCUT2D eigenvalue weighted by atomic mass is 10.2. The Morgan fingerprint density at radius 1 is 1.28 bits per heavy atom. The zero-order valence-electron chi connectivity index (χ0n) is 15.5. The molecule has 1 heterocycles. The van der Waals surface area contributed by atoms with Crippen LogP contribution in [0.15, 0.2) is 56.8 Å². The Labute approximate surface area is 179 Å². The van der Waals surface area contributed by atoms with Gasteiger partial charge in [-0.2, -0.15) is 0 Å². The van der Waals surface area contributed by atoms with Gasteiger partial charge >= 0.3 is 5.97 Å². The molecular weight excluding hydrogens is 460 g/mol. The molecule has 0 aromatic heterocycles. The van der Waals surface area contributed by atoms with Gasteiger partial charge in [-0.1, -0.05) is 18.2 Å². The van der Waals surface area contributed by atoms with Crippen molar-refractivity contribution >= 4 is 56.5 Å². The van der Waals surface area contributed by atoms with Crippen LogP contribution >= 0.6 is 27.7 Å². The van der Waals surface area contributed by atoms with Crippen molar-refractivity contribution < 1.29 is 24.2 Å². The number of amides is 1. The topological polar surface area (TPSA) is 97.2 Å². The number of ether oxygens (including phenoxy) is 2. The number of carbonyl (C=O) groups is 2. The summed E-state index contributed by atoms with van der Waals surface area (Å²) >= 11 is 4.66. The maximum atomic E-state index is 12.3. The summed E-state index contributed by atoms with van der Waals surface area (Å²) in [6.45, 7) is 1.43. The largest absolute Gasteiger partial charge is 0.493 e. The van der Waals surface area contributed by atoms with Gasteiger partial charge in [0, 0.05) is 4.47 Å². The number of hydrogen-bond donors (Lipinski definition) is 2. The molecule has 3 rings (SSSR count). The van der Waals surface area contributed by atoms with Gasteiger partial charge in [0.15, 0.2) is 22.8 Å². The van der Waals surface area contributed by atoms with E-state index >= 15 is 0 Å². The number of carboxylic acid groups (broad SMARTS) is 1. The fourth-order valence-corrected chi connectivity index (χ4v) is 3.60. The van der Waals surface area contributed by atoms with Crippen LogP contribution in [0.4, 0.5) is 5.69 Å². The molecule has 7 nitrogen and oxygen atoms in total. The molecule has 0 bridgehead atoms. The number of aliphatic carboxylic acids is 1. The minimum Gasteiger partial charge on any atom is -0.493 e. The van der Waals surface area contributed by atoms with Crippen LogP contribution in [0.3, 0.4) is 0 Å². The number of carboxylic acids is 1. The highest BCUT2D eigenvalue weighted by Gasteiger charge is 2.24. The van der Waals surface area contributed by atoms with Crippen LogP contribution in [0.25, 0.3) is 6.08 Å². The van der Waals surface area contributed by atoms with Crippen molar-refractivity contribution in [1.29, 1.82) is 0 Å². The molecular formula is C20H17BrN2O5S. The summed E-state index contributed by atoms with van der Waals surface area (Å²) in [6, 6.07) is 12.5. The standard InChI is InChI=1S/C20H17BrN2O5S/c1-11(19(25)26)28-15-8-7-12(9-16(15)27-2)10-17-18(24)23-20(29-17)22-14-6-4-3-5-13(14)21/h3-11H,1-2H3,(H,25,26)(H,22,23,24)/b17-10+. The van der Waals surface area contributed by atoms with E-state index in [0.29, 0.717) is 32.8 Å². The van der Waals surface area contributed by atoms with Crippen LogP contribution < -0.4 is 14.8 Å². The number of methoxy groups -OCH3 is 1. The lowest BCUT2D eigenvalue weighted by Gasteiger charge is -2.14. The Hall–Kier alpha value is -2.78. The van der Waals surface area contributed by atoms with E-state index < -0.39 is 12.1 Å². The number of hydrogen-bond acceptors (Lipinski definition) is 6. The average molecular weight is 477 g/mol. The highest BCUT2D eigenvalue weighted by Crippen LogP contribution is 2.33. The van der Waals surface area contributed by atoms with Crippen LogP contribution in [-0.4, -0.2) is 35.4 Å². The SMILES string of the molecule is COc1cc(/C=C2/SC(=Nc3ccccc3Br)NC2=O)ccc1OC(C)C(=O)O. The van der Waals surface area contributed by atoms with Crippen molar-refractivity contribution in [2.45, 2.75) is 13.0 Å². The molecule has 0 saturated carbocycles. The van der Waals surface area contributed by atoms with Gasteiger partial charge in [0.2, 0.25) is 0 Å². The Morgan fingerprint density at radius 2 is 2.03 bits per heavy atom. The normalized spacial score (nSPS) is 17.3. The molecule has 2 aromatic rings. The Kier molecular flexibility index (Phi) is 6.60. The smallest absolute Gasteiger partial charge is 0.344 e. The zero-order valence-corrected chi connectivity index (χ0v) is 17.9. The number of nitrogens with zero attached hydrogens (tertiary/aromatic N) is 1. The third kappa shape index (κ3) is 5.18. The second kappa shape index (κ2) is 9.15. The van der Waals surface area contributed by atoms with Crippen molar-refractivity contribution in [3.8, 4) is 11.5 Å². The highest BCUT2D eigenvalue weighted by atomic mass is 79.9. The molecule has 1 saturated heterocycles. The van der Waals surface area contributed by atoms with E-state index in [0.717, 1.165) is 4.47 Å². The summed E-state index contributed by atoms with van der Waals surface area (Å²) in [5.74, 6) is -0.643. The minimum atomic E-state index is -1.07. The third-order valence-corrected chi connectivity index (χ3v) is 5.44. The number of benzene rings is 2. The molecule has 0 aliphatic carbocycles. The lowest BCUT2D eigenvalue weighted by Crippen LogP contribution is -2.23. The number of para-hydroxylation sites is 1. The van der Waals surface area contributed by atoms with Crippen molar-refractivity contribution in [2.24, 2.45) is 4.99 Å². The molecule has 0 spiro atoms. The lowest BCUT2D eigenvalue weighted by molar-refractivity contribution is -0.144. The number of nitrogens with one attached hydrogen (secondary N) is 1. The average Bonchev–Trinajstić information content (AvgIpc) is 3.03. The first-order valence-corrected chi connectivity index (χ1v) is 10.1. The monoisotopic (exact) mass is 476 g/mol. The van der Waals surface area contributed by atoms with Crippen molar-refractivity contribution in [2.75, 3.05) is 7.11 Å². The predicted molar refractivity (Wildman–Crippen MR) is 116 cm³/mol. The molecule has 2 N–H and O–H groups in total. The molecule has 1 aliphatic heterocycles. The van der Waals surface area contributed by atoms with E-state index in [1.165, 1.54) is 25.8 Å². The maximum Gasteiger partial charge on any atom is 0.344 e. The van der Waals surface area contributed by atoms with Gasteiger partial charge in [0.25, 0.3) is 5.91 Å². The van der Waals surface area contributed by atoms with Crippen molar-refractivity contribution in [3.05, 3.63) is 57.4 Å². The van der Waals surface area contributed by atoms with Gasteiger partial charge in [-0.25, -0.2) is 9.79 Å². The van der Waals surface area contributed by atoms with Crippen molar-refractivity contribution in [1.82, 2.24) is 5.32 Å². The van der Waals surface area contributed by atoms with Crippen LogP contribution in [0, 0.1) is 0 Å². The second-order valence-corrected chi connectivity index (χ2v) is 7.83. The predicted octanol–water partition coefficient (Wildman–Crippen LogP) is 4.20. The first-order chi connectivity index (χ1) is 13.9. The van der Waals surface area contributed by atoms with Crippen molar-refractivity contribution in [3.63, 3.8) is 0 Å². The Balaban J connectivity index is 1.82. The summed E-state index contributed by atoms with van der Waals surface area (Å²) in [7, 11) is 1.46. The van der Waals surface area contributed by atoms with Gasteiger partial charge in [-0.05, 0) is 70.5 Å². The molecule has 29 heavy (non-hydrogen) atoms. The van der Waals surface area contributed by atoms with Gasteiger partial charge in [0.1, 0.15) is 0 Å². The van der Waals surface area contributed by atoms with Crippen LogP contribution in [-0.2, 0) is 9.59 Å². The molecule has 150 valence electrons. The highest BCUT2D eigenvalue weighted by molar-refractivity contribution is 9.10. The van der Waals surface area contributed by atoms with E-state index in [1.54, 1.807) is 24.3 Å². The number of thioether (sulfide) groups is 1. The van der Waals surface area contributed by atoms with E-state index in [9.17, 15) is 9.59 Å². The van der Waals surface area contributed by atoms with E-state index in [2.05, 4.69) is 26.2 Å². The fourth-order valence-electron chi connectivity index (χ4n) is 2.40. The minimum absolute atomic E-state index is 0.250. The molecule has 1 unspecified atom stereocenters. The summed E-state index contributed by atoms with van der Waals surface area (Å²) < 4.78 is 11.5. The number of carbonyl (C=O) groups excluding carboxylic acids is 1. The summed E-state index contributed by atoms with van der Waals surface area (Å²) in [5.41, 5.74) is 1.42. The quantitative estimate of drug-likeness (QED) is 0.606. The molecule has 1 fully saturated rings. The van der Waals surface area contributed by atoms with Gasteiger partial charge in [-0.3, -0.25) is 4.79 Å². The molecule has 1 aliphatic rings. The third-order valence-electron chi connectivity index (χ3n) is 3.86. The first-order valence-electron chi connectivity index (χ1n) is 8.49. The number of aliphatic imine (C=N–C) groups is 1. The van der Waals surface area contributed by atoms with Crippen LogP contribution in [0.1, 0.15) is 12.5 Å². The maximum absolute atomic E-state index is 12.3. The molecule has 9 heteroatoms.